The highest BCUT2D eigenvalue weighted by atomic mass is 32.2. The van der Waals surface area contributed by atoms with Crippen LogP contribution in [0, 0.1) is 5.82 Å². The fourth-order valence-corrected chi connectivity index (χ4v) is 2.83. The number of hydrogen-bond donors (Lipinski definition) is 2. The number of hydrogen-bond acceptors (Lipinski definition) is 3. The predicted molar refractivity (Wildman–Crippen MR) is 88.0 cm³/mol. The third-order valence-corrected chi connectivity index (χ3v) is 4.03. The van der Waals surface area contributed by atoms with Crippen molar-refractivity contribution in [3.05, 3.63) is 59.9 Å². The van der Waals surface area contributed by atoms with Gasteiger partial charge in [-0.05, 0) is 48.4 Å². The minimum atomic E-state index is -3.55. The van der Waals surface area contributed by atoms with E-state index < -0.39 is 10.2 Å². The van der Waals surface area contributed by atoms with Crippen LogP contribution in [0.4, 0.5) is 10.1 Å². The molecule has 2 aromatic carbocycles. The summed E-state index contributed by atoms with van der Waals surface area (Å²) in [5, 5.41) is 0. The van der Waals surface area contributed by atoms with Crippen LogP contribution in [0.1, 0.15) is 18.9 Å². The van der Waals surface area contributed by atoms with Crippen LogP contribution in [0.2, 0.25) is 0 Å². The second kappa shape index (κ2) is 7.94. The zero-order valence-electron chi connectivity index (χ0n) is 12.8. The van der Waals surface area contributed by atoms with Crippen LogP contribution in [-0.4, -0.2) is 15.0 Å². The summed E-state index contributed by atoms with van der Waals surface area (Å²) in [7, 11) is -3.55. The summed E-state index contributed by atoms with van der Waals surface area (Å²) in [5.74, 6) is 0.258. The van der Waals surface area contributed by atoms with Gasteiger partial charge in [-0.3, -0.25) is 4.72 Å². The molecule has 0 amide bonds. The summed E-state index contributed by atoms with van der Waals surface area (Å²) in [6, 6.07) is 12.7. The second-order valence-corrected chi connectivity index (χ2v) is 6.44. The van der Waals surface area contributed by atoms with E-state index in [0.29, 0.717) is 24.4 Å². The van der Waals surface area contributed by atoms with E-state index in [9.17, 15) is 12.8 Å². The van der Waals surface area contributed by atoms with Crippen LogP contribution in [0.3, 0.4) is 0 Å². The maximum atomic E-state index is 13.1. The molecule has 0 saturated heterocycles. The van der Waals surface area contributed by atoms with Gasteiger partial charge in [-0.25, -0.2) is 4.39 Å². The maximum Gasteiger partial charge on any atom is 0.299 e. The first-order valence-electron chi connectivity index (χ1n) is 7.23. The van der Waals surface area contributed by atoms with Gasteiger partial charge in [0.1, 0.15) is 18.2 Å². The minimum Gasteiger partial charge on any atom is -0.489 e. The third-order valence-electron chi connectivity index (χ3n) is 2.94. The smallest absolute Gasteiger partial charge is 0.299 e. The average molecular weight is 338 g/mol. The number of rotatable bonds is 8. The molecular formula is C16H19FN2O3S. The highest BCUT2D eigenvalue weighted by Crippen LogP contribution is 2.18. The Labute approximate surface area is 135 Å². The lowest BCUT2D eigenvalue weighted by atomic mass is 10.2. The molecule has 0 heterocycles. The summed E-state index contributed by atoms with van der Waals surface area (Å²) < 4.78 is 46.8. The van der Waals surface area contributed by atoms with Gasteiger partial charge in [0, 0.05) is 12.2 Å². The van der Waals surface area contributed by atoms with Gasteiger partial charge < -0.3 is 4.74 Å². The lowest BCUT2D eigenvalue weighted by molar-refractivity contribution is 0.305. The molecule has 124 valence electrons. The molecule has 0 bridgehead atoms. The molecule has 2 aromatic rings. The SMILES string of the molecule is CCCNS(=O)(=O)Nc1ccc(OCc2cccc(F)c2)cc1. The monoisotopic (exact) mass is 338 g/mol. The Morgan fingerprint density at radius 2 is 1.87 bits per heavy atom. The van der Waals surface area contributed by atoms with E-state index >= 15 is 0 Å². The Morgan fingerprint density at radius 1 is 1.13 bits per heavy atom. The van der Waals surface area contributed by atoms with E-state index in [0.717, 1.165) is 5.56 Å². The number of ether oxygens (including phenoxy) is 1. The second-order valence-electron chi connectivity index (χ2n) is 4.94. The normalized spacial score (nSPS) is 11.2. The van der Waals surface area contributed by atoms with Gasteiger partial charge in [-0.15, -0.1) is 0 Å². The largest absolute Gasteiger partial charge is 0.489 e. The molecule has 0 aliphatic carbocycles. The molecule has 0 saturated carbocycles. The molecule has 0 unspecified atom stereocenters. The predicted octanol–water partition coefficient (Wildman–Crippen LogP) is 3.06. The van der Waals surface area contributed by atoms with Crippen LogP contribution in [0.25, 0.3) is 0 Å². The fourth-order valence-electron chi connectivity index (χ4n) is 1.84. The Hall–Kier alpha value is -2.12. The molecular weight excluding hydrogens is 319 g/mol. The molecule has 2 N–H and O–H groups in total. The van der Waals surface area contributed by atoms with Gasteiger partial charge in [0.15, 0.2) is 0 Å². The van der Waals surface area contributed by atoms with E-state index in [2.05, 4.69) is 9.44 Å². The van der Waals surface area contributed by atoms with Crippen LogP contribution in [0.15, 0.2) is 48.5 Å². The fraction of sp³-hybridized carbons (Fsp3) is 0.250. The van der Waals surface area contributed by atoms with Gasteiger partial charge in [0.25, 0.3) is 10.2 Å². The van der Waals surface area contributed by atoms with Crippen LogP contribution in [-0.2, 0) is 16.8 Å². The van der Waals surface area contributed by atoms with Crippen LogP contribution in [0.5, 0.6) is 5.75 Å². The molecule has 5 nitrogen and oxygen atoms in total. The molecule has 0 spiro atoms. The summed E-state index contributed by atoms with van der Waals surface area (Å²) in [4.78, 5) is 0. The molecule has 0 aliphatic heterocycles. The van der Waals surface area contributed by atoms with Crippen LogP contribution >= 0.6 is 0 Å². The van der Waals surface area contributed by atoms with Crippen molar-refractivity contribution in [3.63, 3.8) is 0 Å². The van der Waals surface area contributed by atoms with Crippen molar-refractivity contribution in [2.24, 2.45) is 0 Å². The van der Waals surface area contributed by atoms with Crippen molar-refractivity contribution in [3.8, 4) is 5.75 Å². The average Bonchev–Trinajstić information content (AvgIpc) is 2.52. The summed E-state index contributed by atoms with van der Waals surface area (Å²) in [6.07, 6.45) is 0.716. The van der Waals surface area contributed by atoms with Gasteiger partial charge in [-0.1, -0.05) is 19.1 Å². The Bertz CT molecular complexity index is 733. The summed E-state index contributed by atoms with van der Waals surface area (Å²) in [6.45, 7) is 2.50. The number of benzene rings is 2. The molecule has 0 aromatic heterocycles. The minimum absolute atomic E-state index is 0.237. The van der Waals surface area contributed by atoms with Gasteiger partial charge in [-0.2, -0.15) is 13.1 Å². The van der Waals surface area contributed by atoms with E-state index in [4.69, 9.17) is 4.74 Å². The summed E-state index contributed by atoms with van der Waals surface area (Å²) >= 11 is 0. The Balaban J connectivity index is 1.92. The molecule has 0 atom stereocenters. The van der Waals surface area contributed by atoms with Crippen molar-refractivity contribution in [2.75, 3.05) is 11.3 Å². The lowest BCUT2D eigenvalue weighted by Gasteiger charge is -2.10. The van der Waals surface area contributed by atoms with Gasteiger partial charge >= 0.3 is 0 Å². The van der Waals surface area contributed by atoms with Gasteiger partial charge in [0.05, 0.1) is 0 Å². The molecule has 0 aliphatic rings. The van der Waals surface area contributed by atoms with E-state index in [-0.39, 0.29) is 12.4 Å². The van der Waals surface area contributed by atoms with Crippen molar-refractivity contribution >= 4 is 15.9 Å². The van der Waals surface area contributed by atoms with Crippen molar-refractivity contribution in [1.82, 2.24) is 4.72 Å². The Morgan fingerprint density at radius 3 is 2.52 bits per heavy atom. The topological polar surface area (TPSA) is 67.4 Å². The number of nitrogens with one attached hydrogen (secondary N) is 2. The number of anilines is 1. The van der Waals surface area contributed by atoms with Crippen LogP contribution < -0.4 is 14.2 Å². The first-order chi connectivity index (χ1) is 11.0. The zero-order valence-corrected chi connectivity index (χ0v) is 13.6. The highest BCUT2D eigenvalue weighted by Gasteiger charge is 2.08. The first-order valence-corrected chi connectivity index (χ1v) is 8.71. The zero-order chi connectivity index (χ0) is 16.7. The molecule has 23 heavy (non-hydrogen) atoms. The van der Waals surface area contributed by atoms with Crippen molar-refractivity contribution < 1.29 is 17.5 Å². The Kier molecular flexibility index (Phi) is 5.95. The van der Waals surface area contributed by atoms with Gasteiger partial charge in [0.2, 0.25) is 0 Å². The van der Waals surface area contributed by atoms with E-state index in [1.165, 1.54) is 12.1 Å². The maximum absolute atomic E-state index is 13.1. The summed E-state index contributed by atoms with van der Waals surface area (Å²) in [5.41, 5.74) is 1.16. The molecule has 2 rings (SSSR count). The van der Waals surface area contributed by atoms with E-state index in [1.54, 1.807) is 36.4 Å². The quantitative estimate of drug-likeness (QED) is 0.777. The highest BCUT2D eigenvalue weighted by molar-refractivity contribution is 7.90. The van der Waals surface area contributed by atoms with Crippen molar-refractivity contribution in [2.45, 2.75) is 20.0 Å². The third kappa shape index (κ3) is 5.88. The van der Waals surface area contributed by atoms with E-state index in [1.807, 2.05) is 6.92 Å². The molecule has 7 heteroatoms. The molecule has 0 fully saturated rings. The lowest BCUT2D eigenvalue weighted by Crippen LogP contribution is -2.30. The van der Waals surface area contributed by atoms with Crippen molar-refractivity contribution in [1.29, 1.82) is 0 Å². The first kappa shape index (κ1) is 17.2. The standard InChI is InChI=1S/C16H19FN2O3S/c1-2-10-18-23(20,21)19-15-6-8-16(9-7-15)22-12-13-4-3-5-14(17)11-13/h3-9,11,18-19H,2,10,12H2,1H3. The molecule has 0 radical (unpaired) electrons. The number of halogens is 1.